The standard InChI is InChI=1S/C18H23N3S/c1-4-10-21(14-17-9-7-6-8-15(17)3)13-16-11-19-18(20-12-16)22-5-2/h4,6-9,11-12H,1,5,10,13-14H2,2-3H3. The van der Waals surface area contributed by atoms with Crippen molar-refractivity contribution >= 4 is 11.8 Å². The van der Waals surface area contributed by atoms with Gasteiger partial charge in [0.2, 0.25) is 0 Å². The van der Waals surface area contributed by atoms with Crippen LogP contribution in [0.2, 0.25) is 0 Å². The summed E-state index contributed by atoms with van der Waals surface area (Å²) in [6, 6.07) is 8.51. The van der Waals surface area contributed by atoms with E-state index in [4.69, 9.17) is 0 Å². The van der Waals surface area contributed by atoms with Gasteiger partial charge in [0.25, 0.3) is 0 Å². The molecule has 0 saturated heterocycles. The van der Waals surface area contributed by atoms with Gasteiger partial charge >= 0.3 is 0 Å². The van der Waals surface area contributed by atoms with Gasteiger partial charge in [0.15, 0.2) is 5.16 Å². The van der Waals surface area contributed by atoms with Gasteiger partial charge in [-0.2, -0.15) is 0 Å². The summed E-state index contributed by atoms with van der Waals surface area (Å²) in [5.74, 6) is 0.995. The second kappa shape index (κ2) is 8.71. The van der Waals surface area contributed by atoms with Gasteiger partial charge in [-0.15, -0.1) is 6.58 Å². The van der Waals surface area contributed by atoms with E-state index < -0.39 is 0 Å². The zero-order valence-electron chi connectivity index (χ0n) is 13.3. The third-order valence-corrected chi connectivity index (χ3v) is 4.16. The van der Waals surface area contributed by atoms with Crippen LogP contribution in [0.1, 0.15) is 23.6 Å². The lowest BCUT2D eigenvalue weighted by Crippen LogP contribution is -2.23. The molecule has 0 radical (unpaired) electrons. The molecule has 0 fully saturated rings. The quantitative estimate of drug-likeness (QED) is 0.417. The van der Waals surface area contributed by atoms with Crippen molar-refractivity contribution in [2.45, 2.75) is 32.1 Å². The molecule has 0 aliphatic rings. The second-order valence-corrected chi connectivity index (χ2v) is 6.42. The highest BCUT2D eigenvalue weighted by molar-refractivity contribution is 7.99. The van der Waals surface area contributed by atoms with E-state index in [2.05, 4.69) is 59.6 Å². The van der Waals surface area contributed by atoms with Crippen LogP contribution in [0.25, 0.3) is 0 Å². The lowest BCUT2D eigenvalue weighted by molar-refractivity contribution is 0.284. The molecule has 116 valence electrons. The average molecular weight is 313 g/mol. The first-order valence-electron chi connectivity index (χ1n) is 7.54. The normalized spacial score (nSPS) is 10.9. The van der Waals surface area contributed by atoms with Crippen LogP contribution < -0.4 is 0 Å². The Balaban J connectivity index is 2.05. The van der Waals surface area contributed by atoms with Gasteiger partial charge in [0, 0.05) is 37.6 Å². The third-order valence-electron chi connectivity index (χ3n) is 3.40. The molecule has 22 heavy (non-hydrogen) atoms. The van der Waals surface area contributed by atoms with Crippen LogP contribution >= 0.6 is 11.8 Å². The molecule has 3 nitrogen and oxygen atoms in total. The van der Waals surface area contributed by atoms with Crippen LogP contribution in [-0.2, 0) is 13.1 Å². The number of thioether (sulfide) groups is 1. The molecule has 0 N–H and O–H groups in total. The van der Waals surface area contributed by atoms with E-state index in [-0.39, 0.29) is 0 Å². The van der Waals surface area contributed by atoms with Crippen LogP contribution in [0.3, 0.4) is 0 Å². The number of rotatable bonds is 8. The molecular formula is C18H23N3S. The highest BCUT2D eigenvalue weighted by Crippen LogP contribution is 2.15. The number of aryl methyl sites for hydroxylation is 1. The van der Waals surface area contributed by atoms with E-state index in [0.717, 1.165) is 36.1 Å². The second-order valence-electron chi connectivity index (χ2n) is 5.19. The van der Waals surface area contributed by atoms with Crippen molar-refractivity contribution < 1.29 is 0 Å². The molecule has 2 aromatic rings. The predicted octanol–water partition coefficient (Wildman–Crippen LogP) is 4.09. The summed E-state index contributed by atoms with van der Waals surface area (Å²) in [5, 5.41) is 0.848. The highest BCUT2D eigenvalue weighted by atomic mass is 32.2. The minimum absolute atomic E-state index is 0.831. The lowest BCUT2D eigenvalue weighted by atomic mass is 10.1. The summed E-state index contributed by atoms with van der Waals surface area (Å²) >= 11 is 1.67. The van der Waals surface area contributed by atoms with Gasteiger partial charge in [0.05, 0.1) is 0 Å². The van der Waals surface area contributed by atoms with Crippen molar-refractivity contribution in [3.63, 3.8) is 0 Å². The first kappa shape index (κ1) is 16.7. The zero-order valence-corrected chi connectivity index (χ0v) is 14.1. The monoisotopic (exact) mass is 313 g/mol. The maximum Gasteiger partial charge on any atom is 0.187 e. The number of hydrogen-bond donors (Lipinski definition) is 0. The maximum absolute atomic E-state index is 4.41. The zero-order chi connectivity index (χ0) is 15.8. The van der Waals surface area contributed by atoms with Crippen LogP contribution in [0.15, 0.2) is 54.5 Å². The Morgan fingerprint density at radius 3 is 2.55 bits per heavy atom. The Kier molecular flexibility index (Phi) is 6.62. The Bertz CT molecular complexity index is 596. The molecule has 0 saturated carbocycles. The summed E-state index contributed by atoms with van der Waals surface area (Å²) < 4.78 is 0. The summed E-state index contributed by atoms with van der Waals surface area (Å²) in [6.45, 7) is 10.7. The maximum atomic E-state index is 4.41. The molecule has 0 aliphatic heterocycles. The molecule has 4 heteroatoms. The fraction of sp³-hybridized carbons (Fsp3) is 0.333. The Labute approximate surface area is 137 Å². The topological polar surface area (TPSA) is 29.0 Å². The Morgan fingerprint density at radius 1 is 1.18 bits per heavy atom. The largest absolute Gasteiger partial charge is 0.291 e. The van der Waals surface area contributed by atoms with Gasteiger partial charge in [-0.25, -0.2) is 9.97 Å². The Morgan fingerprint density at radius 2 is 1.91 bits per heavy atom. The predicted molar refractivity (Wildman–Crippen MR) is 93.9 cm³/mol. The van der Waals surface area contributed by atoms with E-state index in [1.54, 1.807) is 11.8 Å². The lowest BCUT2D eigenvalue weighted by Gasteiger charge is -2.21. The first-order valence-corrected chi connectivity index (χ1v) is 8.53. The number of benzene rings is 1. The summed E-state index contributed by atoms with van der Waals surface area (Å²) in [7, 11) is 0. The minimum atomic E-state index is 0.831. The molecule has 0 bridgehead atoms. The van der Waals surface area contributed by atoms with Crippen LogP contribution in [-0.4, -0.2) is 27.2 Å². The summed E-state index contributed by atoms with van der Waals surface area (Å²) in [4.78, 5) is 11.2. The van der Waals surface area contributed by atoms with Gasteiger partial charge in [-0.1, -0.05) is 49.0 Å². The SMILES string of the molecule is C=CCN(Cc1cnc(SCC)nc1)Cc1ccccc1C. The van der Waals surface area contributed by atoms with Crippen LogP contribution in [0.5, 0.6) is 0 Å². The number of aromatic nitrogens is 2. The molecule has 0 aliphatic carbocycles. The molecule has 2 rings (SSSR count). The minimum Gasteiger partial charge on any atom is -0.291 e. The van der Waals surface area contributed by atoms with Crippen molar-refractivity contribution in [1.82, 2.24) is 14.9 Å². The van der Waals surface area contributed by atoms with E-state index in [1.165, 1.54) is 11.1 Å². The molecule has 1 aromatic heterocycles. The number of nitrogens with zero attached hydrogens (tertiary/aromatic N) is 3. The van der Waals surface area contributed by atoms with Gasteiger partial charge < -0.3 is 0 Å². The molecule has 0 amide bonds. The van der Waals surface area contributed by atoms with Crippen LogP contribution in [0.4, 0.5) is 0 Å². The molecule has 0 atom stereocenters. The molecule has 1 heterocycles. The first-order chi connectivity index (χ1) is 10.7. The van der Waals surface area contributed by atoms with E-state index in [0.29, 0.717) is 0 Å². The summed E-state index contributed by atoms with van der Waals surface area (Å²) in [6.07, 6.45) is 5.80. The highest BCUT2D eigenvalue weighted by Gasteiger charge is 2.08. The van der Waals surface area contributed by atoms with Crippen molar-refractivity contribution in [2.24, 2.45) is 0 Å². The third kappa shape index (κ3) is 4.97. The van der Waals surface area contributed by atoms with Gasteiger partial charge in [0.1, 0.15) is 0 Å². The van der Waals surface area contributed by atoms with Gasteiger partial charge in [-0.3, -0.25) is 4.90 Å². The fourth-order valence-electron chi connectivity index (χ4n) is 2.28. The van der Waals surface area contributed by atoms with E-state index in [1.807, 2.05) is 18.5 Å². The smallest absolute Gasteiger partial charge is 0.187 e. The fourth-order valence-corrected chi connectivity index (χ4v) is 2.80. The van der Waals surface area contributed by atoms with Crippen molar-refractivity contribution in [2.75, 3.05) is 12.3 Å². The molecule has 1 aromatic carbocycles. The number of hydrogen-bond acceptors (Lipinski definition) is 4. The van der Waals surface area contributed by atoms with Gasteiger partial charge in [-0.05, 0) is 23.8 Å². The van der Waals surface area contributed by atoms with E-state index in [9.17, 15) is 0 Å². The average Bonchev–Trinajstić information content (AvgIpc) is 2.52. The van der Waals surface area contributed by atoms with E-state index >= 15 is 0 Å². The van der Waals surface area contributed by atoms with Crippen molar-refractivity contribution in [3.05, 3.63) is 66.0 Å². The summed E-state index contributed by atoms with van der Waals surface area (Å²) in [5.41, 5.74) is 3.81. The molecular weight excluding hydrogens is 290 g/mol. The Hall–Kier alpha value is -1.65. The van der Waals surface area contributed by atoms with Crippen molar-refractivity contribution in [3.8, 4) is 0 Å². The van der Waals surface area contributed by atoms with Crippen LogP contribution in [0, 0.1) is 6.92 Å². The van der Waals surface area contributed by atoms with Crippen molar-refractivity contribution in [1.29, 1.82) is 0 Å². The molecule has 0 spiro atoms. The molecule has 0 unspecified atom stereocenters.